The normalized spacial score (nSPS) is 16.6. The molecule has 0 bridgehead atoms. The molecule has 2 rings (SSSR count). The van der Waals surface area contributed by atoms with Gasteiger partial charge in [-0.3, -0.25) is 4.79 Å². The Kier molecular flexibility index (Phi) is 4.38. The van der Waals surface area contributed by atoms with Crippen molar-refractivity contribution in [2.75, 3.05) is 20.3 Å². The first-order chi connectivity index (χ1) is 8.72. The van der Waals surface area contributed by atoms with Crippen LogP contribution in [0.3, 0.4) is 0 Å². The summed E-state index contributed by atoms with van der Waals surface area (Å²) in [5, 5.41) is 2.90. The number of nitrogens with two attached hydrogens (primary N) is 1. The highest BCUT2D eigenvalue weighted by Crippen LogP contribution is 2.31. The van der Waals surface area contributed by atoms with Crippen molar-refractivity contribution in [3.05, 3.63) is 24.0 Å². The second-order valence-corrected chi connectivity index (χ2v) is 4.79. The number of hydrogen-bond acceptors (Lipinski definition) is 3. The van der Waals surface area contributed by atoms with E-state index in [1.165, 1.54) is 12.8 Å². The van der Waals surface area contributed by atoms with Crippen LogP contribution in [0.1, 0.15) is 23.3 Å². The Labute approximate surface area is 107 Å². The van der Waals surface area contributed by atoms with Gasteiger partial charge >= 0.3 is 0 Å². The summed E-state index contributed by atoms with van der Waals surface area (Å²) in [5.74, 6) is 0.540. The van der Waals surface area contributed by atoms with Crippen molar-refractivity contribution in [2.45, 2.75) is 25.4 Å². The molecule has 5 heteroatoms. The molecule has 1 aromatic rings. The molecule has 0 aromatic carbocycles. The average molecular weight is 251 g/mol. The Morgan fingerprint density at radius 3 is 3.11 bits per heavy atom. The molecular formula is C13H21N3O2. The van der Waals surface area contributed by atoms with E-state index < -0.39 is 0 Å². The van der Waals surface area contributed by atoms with Crippen LogP contribution in [0.4, 0.5) is 0 Å². The highest BCUT2D eigenvalue weighted by atomic mass is 16.5. The molecule has 1 saturated carbocycles. The first-order valence-corrected chi connectivity index (χ1v) is 6.40. The van der Waals surface area contributed by atoms with Crippen molar-refractivity contribution in [1.82, 2.24) is 9.88 Å². The van der Waals surface area contributed by atoms with E-state index in [4.69, 9.17) is 10.5 Å². The average Bonchev–Trinajstić information content (AvgIpc) is 3.12. The van der Waals surface area contributed by atoms with Crippen LogP contribution in [0.5, 0.6) is 0 Å². The largest absolute Gasteiger partial charge is 0.383 e. The number of ether oxygens (including phenoxy) is 1. The number of amides is 1. The molecule has 1 aliphatic carbocycles. The fourth-order valence-electron chi connectivity index (χ4n) is 2.00. The lowest BCUT2D eigenvalue weighted by Gasteiger charge is -2.13. The molecule has 0 radical (unpaired) electrons. The van der Waals surface area contributed by atoms with Crippen LogP contribution in [0.25, 0.3) is 0 Å². The summed E-state index contributed by atoms with van der Waals surface area (Å²) in [6, 6.07) is 3.77. The Morgan fingerprint density at radius 1 is 1.67 bits per heavy atom. The van der Waals surface area contributed by atoms with Crippen LogP contribution in [-0.4, -0.2) is 36.8 Å². The number of rotatable bonds is 7. The van der Waals surface area contributed by atoms with Gasteiger partial charge < -0.3 is 20.4 Å². The van der Waals surface area contributed by atoms with Crippen molar-refractivity contribution in [3.63, 3.8) is 0 Å². The van der Waals surface area contributed by atoms with E-state index in [2.05, 4.69) is 5.32 Å². The van der Waals surface area contributed by atoms with Gasteiger partial charge in [-0.1, -0.05) is 0 Å². The van der Waals surface area contributed by atoms with Crippen LogP contribution in [0.2, 0.25) is 0 Å². The number of methoxy groups -OCH3 is 1. The SMILES string of the molecule is COCCn1cccc1C(=O)NCC(N)C1CC1. The van der Waals surface area contributed by atoms with Gasteiger partial charge in [0.1, 0.15) is 5.69 Å². The molecular weight excluding hydrogens is 230 g/mol. The van der Waals surface area contributed by atoms with E-state index in [1.807, 2.05) is 22.9 Å². The minimum Gasteiger partial charge on any atom is -0.383 e. The number of carbonyl (C=O) groups excluding carboxylic acids is 1. The van der Waals surface area contributed by atoms with Gasteiger partial charge in [-0.25, -0.2) is 0 Å². The molecule has 0 saturated heterocycles. The minimum atomic E-state index is -0.0628. The fourth-order valence-corrected chi connectivity index (χ4v) is 2.00. The third kappa shape index (κ3) is 3.34. The lowest BCUT2D eigenvalue weighted by Crippen LogP contribution is -2.39. The zero-order valence-electron chi connectivity index (χ0n) is 10.8. The topological polar surface area (TPSA) is 69.3 Å². The Bertz CT molecular complexity index is 399. The van der Waals surface area contributed by atoms with Gasteiger partial charge in [0.05, 0.1) is 6.61 Å². The van der Waals surface area contributed by atoms with Gasteiger partial charge in [0.25, 0.3) is 5.91 Å². The molecule has 100 valence electrons. The van der Waals surface area contributed by atoms with E-state index in [0.29, 0.717) is 31.3 Å². The maximum atomic E-state index is 12.0. The first-order valence-electron chi connectivity index (χ1n) is 6.40. The van der Waals surface area contributed by atoms with Crippen molar-refractivity contribution < 1.29 is 9.53 Å². The smallest absolute Gasteiger partial charge is 0.267 e. The molecule has 5 nitrogen and oxygen atoms in total. The van der Waals surface area contributed by atoms with Crippen molar-refractivity contribution in [3.8, 4) is 0 Å². The summed E-state index contributed by atoms with van der Waals surface area (Å²) >= 11 is 0. The third-order valence-corrected chi connectivity index (χ3v) is 3.32. The van der Waals surface area contributed by atoms with Crippen LogP contribution >= 0.6 is 0 Å². The molecule has 1 amide bonds. The van der Waals surface area contributed by atoms with Crippen LogP contribution < -0.4 is 11.1 Å². The second-order valence-electron chi connectivity index (χ2n) is 4.79. The summed E-state index contributed by atoms with van der Waals surface area (Å²) in [6.45, 7) is 1.83. The highest BCUT2D eigenvalue weighted by Gasteiger charge is 2.28. The van der Waals surface area contributed by atoms with Crippen molar-refractivity contribution >= 4 is 5.91 Å². The summed E-state index contributed by atoms with van der Waals surface area (Å²) < 4.78 is 6.91. The van der Waals surface area contributed by atoms with Gasteiger partial charge in [-0.05, 0) is 30.9 Å². The molecule has 1 aliphatic rings. The Balaban J connectivity index is 1.85. The zero-order chi connectivity index (χ0) is 13.0. The van der Waals surface area contributed by atoms with Gasteiger partial charge in [0.15, 0.2) is 0 Å². The quantitative estimate of drug-likeness (QED) is 0.745. The van der Waals surface area contributed by atoms with Crippen molar-refractivity contribution in [1.29, 1.82) is 0 Å². The van der Waals surface area contributed by atoms with E-state index in [9.17, 15) is 4.79 Å². The molecule has 1 fully saturated rings. The van der Waals surface area contributed by atoms with Gasteiger partial charge in [0.2, 0.25) is 0 Å². The Morgan fingerprint density at radius 2 is 2.44 bits per heavy atom. The van der Waals surface area contributed by atoms with Crippen LogP contribution in [0.15, 0.2) is 18.3 Å². The molecule has 3 N–H and O–H groups in total. The maximum absolute atomic E-state index is 12.0. The van der Waals surface area contributed by atoms with E-state index in [0.717, 1.165) is 0 Å². The molecule has 1 aromatic heterocycles. The molecule has 1 heterocycles. The van der Waals surface area contributed by atoms with Gasteiger partial charge in [0, 0.05) is 32.4 Å². The zero-order valence-corrected chi connectivity index (χ0v) is 10.8. The highest BCUT2D eigenvalue weighted by molar-refractivity contribution is 5.92. The Hall–Kier alpha value is -1.33. The van der Waals surface area contributed by atoms with Crippen LogP contribution in [0, 0.1) is 5.92 Å². The van der Waals surface area contributed by atoms with E-state index in [1.54, 1.807) is 7.11 Å². The maximum Gasteiger partial charge on any atom is 0.267 e. The molecule has 1 unspecified atom stereocenters. The number of hydrogen-bond donors (Lipinski definition) is 2. The third-order valence-electron chi connectivity index (χ3n) is 3.32. The second kappa shape index (κ2) is 6.02. The molecule has 18 heavy (non-hydrogen) atoms. The molecule has 0 spiro atoms. The lowest BCUT2D eigenvalue weighted by atomic mass is 10.2. The van der Waals surface area contributed by atoms with Crippen molar-refractivity contribution in [2.24, 2.45) is 11.7 Å². The first kappa shape index (κ1) is 13.1. The van der Waals surface area contributed by atoms with Crippen LogP contribution in [-0.2, 0) is 11.3 Å². The lowest BCUT2D eigenvalue weighted by molar-refractivity contribution is 0.0938. The number of nitrogens with zero attached hydrogens (tertiary/aromatic N) is 1. The number of aromatic nitrogens is 1. The summed E-state index contributed by atoms with van der Waals surface area (Å²) in [4.78, 5) is 12.0. The predicted molar refractivity (Wildman–Crippen MR) is 69.3 cm³/mol. The standard InChI is InChI=1S/C13H21N3O2/c1-18-8-7-16-6-2-3-12(16)13(17)15-9-11(14)10-4-5-10/h2-3,6,10-11H,4-5,7-9,14H2,1H3,(H,15,17). The van der Waals surface area contributed by atoms with Gasteiger partial charge in [-0.2, -0.15) is 0 Å². The van der Waals surface area contributed by atoms with E-state index >= 15 is 0 Å². The number of carbonyl (C=O) groups is 1. The van der Waals surface area contributed by atoms with E-state index in [-0.39, 0.29) is 11.9 Å². The molecule has 1 atom stereocenters. The molecule has 0 aliphatic heterocycles. The number of nitrogens with one attached hydrogen (secondary N) is 1. The predicted octanol–water partition coefficient (Wildman–Crippen LogP) is 0.602. The summed E-state index contributed by atoms with van der Waals surface area (Å²) in [6.07, 6.45) is 4.28. The van der Waals surface area contributed by atoms with Gasteiger partial charge in [-0.15, -0.1) is 0 Å². The monoisotopic (exact) mass is 251 g/mol. The minimum absolute atomic E-state index is 0.0628. The fraction of sp³-hybridized carbons (Fsp3) is 0.615. The summed E-state index contributed by atoms with van der Waals surface area (Å²) in [7, 11) is 1.65. The summed E-state index contributed by atoms with van der Waals surface area (Å²) in [5.41, 5.74) is 6.62.